The molecule has 0 aromatic rings. The summed E-state index contributed by atoms with van der Waals surface area (Å²) in [5, 5.41) is 13.3. The van der Waals surface area contributed by atoms with Gasteiger partial charge in [0.05, 0.1) is 17.3 Å². The van der Waals surface area contributed by atoms with Gasteiger partial charge in [-0.1, -0.05) is 60.6 Å². The molecular formula is C47H74N2O6. The summed E-state index contributed by atoms with van der Waals surface area (Å²) in [5.41, 5.74) is -0.482. The Morgan fingerprint density at radius 3 is 2.11 bits per heavy atom. The quantitative estimate of drug-likeness (QED) is 0.188. The first-order chi connectivity index (χ1) is 25.5. The molecule has 0 aromatic heterocycles. The fraction of sp³-hybridized carbons (Fsp3) is 0.872. The average molecular weight is 763 g/mol. The lowest BCUT2D eigenvalue weighted by molar-refractivity contribution is -0.249. The maximum absolute atomic E-state index is 15.0. The van der Waals surface area contributed by atoms with Gasteiger partial charge in [-0.25, -0.2) is 0 Å². The summed E-state index contributed by atoms with van der Waals surface area (Å²) in [6.07, 6.45) is 12.8. The molecule has 0 spiro atoms. The number of hydrogen-bond acceptors (Lipinski definition) is 5. The number of nitrogens with zero attached hydrogens (tertiary/aromatic N) is 1. The third kappa shape index (κ3) is 5.91. The van der Waals surface area contributed by atoms with Gasteiger partial charge >= 0.3 is 11.9 Å². The molecule has 0 radical (unpaired) electrons. The molecule has 7 fully saturated rings. The number of carbonyl (C=O) groups excluding carboxylic acids is 3. The van der Waals surface area contributed by atoms with Crippen LogP contribution < -0.4 is 5.32 Å². The van der Waals surface area contributed by atoms with E-state index in [9.17, 15) is 24.3 Å². The molecule has 1 aliphatic heterocycles. The molecule has 1 unspecified atom stereocenters. The van der Waals surface area contributed by atoms with E-state index in [2.05, 4.69) is 67.3 Å². The number of fused-ring (bicyclic) bond motifs is 7. The molecule has 1 saturated heterocycles. The number of carboxylic acid groups (broad SMARTS) is 1. The van der Waals surface area contributed by atoms with Gasteiger partial charge in [0.25, 0.3) is 0 Å². The van der Waals surface area contributed by atoms with Crippen molar-refractivity contribution in [2.24, 2.45) is 73.4 Å². The smallest absolute Gasteiger partial charge is 0.309 e. The van der Waals surface area contributed by atoms with Gasteiger partial charge in [0.1, 0.15) is 6.10 Å². The second-order valence-corrected chi connectivity index (χ2v) is 22.7. The minimum absolute atomic E-state index is 0.0199. The number of aliphatic carboxylic acids is 1. The van der Waals surface area contributed by atoms with Gasteiger partial charge < -0.3 is 20.1 Å². The molecule has 2 amide bonds. The molecule has 12 atom stereocenters. The van der Waals surface area contributed by atoms with Gasteiger partial charge in [-0.3, -0.25) is 19.2 Å². The van der Waals surface area contributed by atoms with Crippen molar-refractivity contribution < 1.29 is 29.0 Å². The lowest BCUT2D eigenvalue weighted by atomic mass is 9.32. The normalized spacial score (nSPS) is 44.1. The zero-order valence-corrected chi connectivity index (χ0v) is 36.1. The molecule has 0 bridgehead atoms. The topological polar surface area (TPSA) is 113 Å². The predicted octanol–water partition coefficient (Wildman–Crippen LogP) is 9.21. The number of carbonyl (C=O) groups is 4. The van der Waals surface area contributed by atoms with Gasteiger partial charge in [-0.2, -0.15) is 0 Å². The predicted molar refractivity (Wildman–Crippen MR) is 215 cm³/mol. The highest BCUT2D eigenvalue weighted by atomic mass is 16.5. The highest BCUT2D eigenvalue weighted by Crippen LogP contribution is 2.77. The van der Waals surface area contributed by atoms with Crippen LogP contribution in [0.4, 0.5) is 0 Å². The minimum atomic E-state index is -1.16. The number of allylic oxidation sites excluding steroid dienone is 1. The Kier molecular flexibility index (Phi) is 9.89. The number of amides is 2. The molecule has 0 aromatic carbocycles. The summed E-state index contributed by atoms with van der Waals surface area (Å²) in [4.78, 5) is 55.4. The molecular weight excluding hydrogens is 689 g/mol. The van der Waals surface area contributed by atoms with Crippen LogP contribution in [0, 0.1) is 73.4 Å². The second kappa shape index (κ2) is 13.3. The summed E-state index contributed by atoms with van der Waals surface area (Å²) < 4.78 is 6.19. The Morgan fingerprint density at radius 1 is 0.818 bits per heavy atom. The summed E-state index contributed by atoms with van der Waals surface area (Å²) >= 11 is 0. The van der Waals surface area contributed by atoms with Gasteiger partial charge in [0.2, 0.25) is 11.8 Å². The van der Waals surface area contributed by atoms with Crippen molar-refractivity contribution in [1.29, 1.82) is 0 Å². The second-order valence-electron chi connectivity index (χ2n) is 22.7. The summed E-state index contributed by atoms with van der Waals surface area (Å²) in [7, 11) is 0. The van der Waals surface area contributed by atoms with Crippen molar-refractivity contribution in [3.63, 3.8) is 0 Å². The highest BCUT2D eigenvalue weighted by molar-refractivity contribution is 5.86. The number of nitrogens with one attached hydrogen (secondary N) is 1. The Morgan fingerprint density at radius 2 is 1.49 bits per heavy atom. The monoisotopic (exact) mass is 763 g/mol. The Balaban J connectivity index is 1.11. The van der Waals surface area contributed by atoms with Crippen LogP contribution in [0.3, 0.4) is 0 Å². The molecule has 308 valence electrons. The Hall–Kier alpha value is -2.38. The molecule has 8 nitrogen and oxygen atoms in total. The van der Waals surface area contributed by atoms with E-state index in [1.54, 1.807) is 13.8 Å². The van der Waals surface area contributed by atoms with E-state index in [0.29, 0.717) is 23.7 Å². The van der Waals surface area contributed by atoms with Crippen molar-refractivity contribution in [1.82, 2.24) is 10.2 Å². The number of carboxylic acids is 1. The standard InChI is InChI=1S/C47H74N2O6/c1-28(2)29-16-21-47(39(52)48-34-26-31(42(34,5)6)38(51)49-24-12-13-25-49)23-22-45(10)30(37(29)47)14-15-33-44(9)19-18-35(55-36(50)27-41(3,4)40(53)54)43(7,8)32(44)17-20-46(33,45)11/h29-35,37H,1,12-27H2,2-11H3,(H,48,52)(H,53,54)/t29-,30+,31?,32-,33+,34+,35-,37+,44-,45+,46+,47-/m0/s1. The Bertz CT molecular complexity index is 1610. The fourth-order valence-corrected chi connectivity index (χ4v) is 15.4. The molecule has 6 saturated carbocycles. The number of rotatable bonds is 8. The van der Waals surface area contributed by atoms with Crippen LogP contribution in [0.2, 0.25) is 0 Å². The lowest BCUT2D eigenvalue weighted by Gasteiger charge is -2.73. The van der Waals surface area contributed by atoms with E-state index >= 15 is 0 Å². The fourth-order valence-electron chi connectivity index (χ4n) is 15.4. The number of ether oxygens (including phenoxy) is 1. The van der Waals surface area contributed by atoms with Crippen LogP contribution in [-0.4, -0.2) is 59.0 Å². The molecule has 7 aliphatic rings. The molecule has 55 heavy (non-hydrogen) atoms. The van der Waals surface area contributed by atoms with Crippen molar-refractivity contribution in [3.05, 3.63) is 12.2 Å². The van der Waals surface area contributed by atoms with Gasteiger partial charge in [-0.15, -0.1) is 0 Å². The summed E-state index contributed by atoms with van der Waals surface area (Å²) in [6, 6.07) is 0.0219. The first-order valence-electron chi connectivity index (χ1n) is 22.2. The largest absolute Gasteiger partial charge is 0.481 e. The first kappa shape index (κ1) is 40.8. The van der Waals surface area contributed by atoms with E-state index in [0.717, 1.165) is 96.6 Å². The van der Waals surface area contributed by atoms with E-state index in [4.69, 9.17) is 4.74 Å². The molecule has 2 N–H and O–H groups in total. The molecule has 8 heteroatoms. The SMILES string of the molecule is C=C(C)[C@@H]1CC[C@]2(C(=O)N[C@@H]3CC(C(=O)N4CCCC4)C3(C)C)CC[C@]3(C)[C@H](CC[C@@H]4[C@@]5(C)CC[C@H](OC(=O)CC(C)(C)C(=O)O)C(C)(C)[C@@H]5CC[C@]43C)[C@@H]12. The first-order valence-corrected chi connectivity index (χ1v) is 22.2. The molecule has 7 rings (SSSR count). The van der Waals surface area contributed by atoms with E-state index in [1.165, 1.54) is 5.57 Å². The van der Waals surface area contributed by atoms with Crippen molar-refractivity contribution in [2.45, 2.75) is 171 Å². The van der Waals surface area contributed by atoms with E-state index in [-0.39, 0.29) is 69.3 Å². The van der Waals surface area contributed by atoms with Crippen LogP contribution in [-0.2, 0) is 23.9 Å². The van der Waals surface area contributed by atoms with Crippen LogP contribution in [0.5, 0.6) is 0 Å². The van der Waals surface area contributed by atoms with Crippen LogP contribution >= 0.6 is 0 Å². The van der Waals surface area contributed by atoms with Crippen LogP contribution in [0.1, 0.15) is 159 Å². The van der Waals surface area contributed by atoms with Crippen molar-refractivity contribution in [2.75, 3.05) is 13.1 Å². The summed E-state index contributed by atoms with van der Waals surface area (Å²) in [6.45, 7) is 28.4. The molecule has 1 heterocycles. The minimum Gasteiger partial charge on any atom is -0.481 e. The van der Waals surface area contributed by atoms with Gasteiger partial charge in [0.15, 0.2) is 0 Å². The number of esters is 1. The van der Waals surface area contributed by atoms with Crippen LogP contribution in [0.15, 0.2) is 12.2 Å². The van der Waals surface area contributed by atoms with Crippen molar-refractivity contribution >= 4 is 23.8 Å². The van der Waals surface area contributed by atoms with Gasteiger partial charge in [-0.05, 0) is 155 Å². The van der Waals surface area contributed by atoms with Crippen molar-refractivity contribution in [3.8, 4) is 0 Å². The van der Waals surface area contributed by atoms with Gasteiger partial charge in [0, 0.05) is 30.5 Å². The summed E-state index contributed by atoms with van der Waals surface area (Å²) in [5.74, 6) is 1.12. The van der Waals surface area contributed by atoms with E-state index < -0.39 is 22.8 Å². The Labute approximate surface area is 332 Å². The number of likely N-dealkylation sites (tertiary alicyclic amines) is 1. The zero-order valence-electron chi connectivity index (χ0n) is 36.1. The maximum atomic E-state index is 15.0. The zero-order chi connectivity index (χ0) is 40.3. The third-order valence-corrected chi connectivity index (χ3v) is 19.2. The highest BCUT2D eigenvalue weighted by Gasteiger charge is 2.72. The molecule has 6 aliphatic carbocycles. The maximum Gasteiger partial charge on any atom is 0.309 e. The van der Waals surface area contributed by atoms with Crippen LogP contribution in [0.25, 0.3) is 0 Å². The van der Waals surface area contributed by atoms with E-state index in [1.807, 2.05) is 4.90 Å². The lowest BCUT2D eigenvalue weighted by Crippen LogP contribution is -2.68. The average Bonchev–Trinajstić information content (AvgIpc) is 3.77. The number of hydrogen-bond donors (Lipinski definition) is 2. The third-order valence-electron chi connectivity index (χ3n) is 19.2.